The van der Waals surface area contributed by atoms with Crippen molar-refractivity contribution in [1.29, 1.82) is 5.26 Å². The molecule has 3 rings (SSSR count). The number of Topliss-reactive ketones (excluding diaryl/α,β-unsaturated/α-hetero) is 1. The molecular weight excluding hydrogens is 346 g/mol. The van der Waals surface area contributed by atoms with Crippen LogP contribution in [0.1, 0.15) is 45.6 Å². The van der Waals surface area contributed by atoms with Gasteiger partial charge >= 0.3 is 0 Å². The smallest absolute Gasteiger partial charge is 0.234 e. The highest BCUT2D eigenvalue weighted by atomic mass is 32.2. The monoisotopic (exact) mass is 365 g/mol. The first-order chi connectivity index (χ1) is 12.5. The van der Waals surface area contributed by atoms with Gasteiger partial charge in [0.25, 0.3) is 0 Å². The predicted molar refractivity (Wildman–Crippen MR) is 101 cm³/mol. The highest BCUT2D eigenvalue weighted by Gasteiger charge is 2.21. The summed E-state index contributed by atoms with van der Waals surface area (Å²) in [6.07, 6.45) is 2.01. The molecule has 2 aromatic rings. The number of para-hydroxylation sites is 1. The summed E-state index contributed by atoms with van der Waals surface area (Å²) < 4.78 is 0. The number of nitrogens with zero attached hydrogens (tertiary/aromatic N) is 2. The Labute approximate surface area is 156 Å². The molecule has 1 heterocycles. The van der Waals surface area contributed by atoms with Gasteiger partial charge in [0.05, 0.1) is 17.0 Å². The maximum absolute atomic E-state index is 12.3. The molecule has 0 bridgehead atoms. The summed E-state index contributed by atoms with van der Waals surface area (Å²) in [6, 6.07) is 9.56. The third kappa shape index (κ3) is 3.78. The van der Waals surface area contributed by atoms with Gasteiger partial charge in [-0.1, -0.05) is 30.0 Å². The molecule has 6 heteroatoms. The number of thioether (sulfide) groups is 1. The summed E-state index contributed by atoms with van der Waals surface area (Å²) >= 11 is 1.23. The summed E-state index contributed by atoms with van der Waals surface area (Å²) in [5, 5.41) is 12.8. The van der Waals surface area contributed by atoms with E-state index in [0.29, 0.717) is 22.6 Å². The van der Waals surface area contributed by atoms with Gasteiger partial charge in [-0.3, -0.25) is 9.59 Å². The Balaban J connectivity index is 1.74. The van der Waals surface area contributed by atoms with E-state index in [1.165, 1.54) is 11.8 Å². The third-order valence-electron chi connectivity index (χ3n) is 4.39. The summed E-state index contributed by atoms with van der Waals surface area (Å²) in [7, 11) is 0. The molecule has 5 nitrogen and oxygen atoms in total. The van der Waals surface area contributed by atoms with E-state index in [2.05, 4.69) is 16.4 Å². The average molecular weight is 365 g/mol. The molecular formula is C20H19N3O2S. The van der Waals surface area contributed by atoms with Crippen molar-refractivity contribution >= 4 is 29.1 Å². The average Bonchev–Trinajstić information content (AvgIpc) is 2.63. The van der Waals surface area contributed by atoms with Crippen molar-refractivity contribution in [3.05, 3.63) is 52.2 Å². The fourth-order valence-electron chi connectivity index (χ4n) is 3.03. The molecule has 1 aliphatic carbocycles. The topological polar surface area (TPSA) is 82.8 Å². The molecule has 0 fully saturated rings. The number of fused-ring (bicyclic) bond motifs is 1. The molecule has 26 heavy (non-hydrogen) atoms. The molecule has 1 aliphatic rings. The SMILES string of the molecule is Cc1cccc(C)c1NC(=O)CSc1nc2c(cc1C#N)C(=O)CCC2. The number of ketones is 1. The van der Waals surface area contributed by atoms with Crippen molar-refractivity contribution in [2.75, 3.05) is 11.1 Å². The van der Waals surface area contributed by atoms with Crippen LogP contribution in [0.3, 0.4) is 0 Å². The van der Waals surface area contributed by atoms with E-state index in [9.17, 15) is 14.9 Å². The van der Waals surface area contributed by atoms with Gasteiger partial charge in [-0.2, -0.15) is 5.26 Å². The second-order valence-electron chi connectivity index (χ2n) is 6.33. The van der Waals surface area contributed by atoms with Crippen molar-refractivity contribution < 1.29 is 9.59 Å². The predicted octanol–water partition coefficient (Wildman–Crippen LogP) is 3.82. The van der Waals surface area contributed by atoms with Gasteiger partial charge in [0.15, 0.2) is 5.78 Å². The minimum atomic E-state index is -0.146. The van der Waals surface area contributed by atoms with E-state index in [0.717, 1.165) is 35.3 Å². The first kappa shape index (κ1) is 18.2. The molecule has 0 radical (unpaired) electrons. The van der Waals surface area contributed by atoms with E-state index in [4.69, 9.17) is 0 Å². The molecule has 1 aromatic heterocycles. The van der Waals surface area contributed by atoms with Crippen LogP contribution in [0.25, 0.3) is 0 Å². The van der Waals surface area contributed by atoms with Crippen LogP contribution in [0.5, 0.6) is 0 Å². The largest absolute Gasteiger partial charge is 0.325 e. The summed E-state index contributed by atoms with van der Waals surface area (Å²) in [6.45, 7) is 3.90. The van der Waals surface area contributed by atoms with Crippen LogP contribution in [-0.4, -0.2) is 22.4 Å². The number of anilines is 1. The summed E-state index contributed by atoms with van der Waals surface area (Å²) in [5.41, 5.74) is 4.47. The lowest BCUT2D eigenvalue weighted by atomic mass is 9.94. The Bertz CT molecular complexity index is 911. The molecule has 1 N–H and O–H groups in total. The second kappa shape index (κ2) is 7.71. The van der Waals surface area contributed by atoms with Crippen molar-refractivity contribution in [3.8, 4) is 6.07 Å². The van der Waals surface area contributed by atoms with Gasteiger partial charge in [0.2, 0.25) is 5.91 Å². The van der Waals surface area contributed by atoms with E-state index in [1.54, 1.807) is 6.07 Å². The number of nitrogens with one attached hydrogen (secondary N) is 1. The van der Waals surface area contributed by atoms with Gasteiger partial charge in [0, 0.05) is 17.7 Å². The number of carbonyl (C=O) groups is 2. The quantitative estimate of drug-likeness (QED) is 0.833. The van der Waals surface area contributed by atoms with Crippen LogP contribution < -0.4 is 5.32 Å². The second-order valence-corrected chi connectivity index (χ2v) is 7.29. The van der Waals surface area contributed by atoms with Gasteiger partial charge in [-0.15, -0.1) is 0 Å². The Kier molecular flexibility index (Phi) is 5.38. The maximum Gasteiger partial charge on any atom is 0.234 e. The number of aromatic nitrogens is 1. The maximum atomic E-state index is 12.3. The number of amides is 1. The van der Waals surface area contributed by atoms with Gasteiger partial charge in [-0.05, 0) is 43.9 Å². The Morgan fingerprint density at radius 2 is 2.04 bits per heavy atom. The molecule has 0 spiro atoms. The lowest BCUT2D eigenvalue weighted by Gasteiger charge is -2.16. The van der Waals surface area contributed by atoms with Crippen LogP contribution in [0.4, 0.5) is 5.69 Å². The lowest BCUT2D eigenvalue weighted by Crippen LogP contribution is -2.17. The van der Waals surface area contributed by atoms with Crippen molar-refractivity contribution in [2.45, 2.75) is 38.1 Å². The Hall–Kier alpha value is -2.65. The molecule has 0 atom stereocenters. The normalized spacial score (nSPS) is 13.0. The number of nitriles is 1. The molecule has 0 saturated carbocycles. The standard InChI is InChI=1S/C20H19N3O2S/c1-12-5-3-6-13(2)19(12)23-18(25)11-26-20-14(10-21)9-15-16(22-20)7-4-8-17(15)24/h3,5-6,9H,4,7-8,11H2,1-2H3,(H,23,25). The molecule has 0 aliphatic heterocycles. The first-order valence-corrected chi connectivity index (χ1v) is 9.44. The number of rotatable bonds is 4. The van der Waals surface area contributed by atoms with E-state index in [-0.39, 0.29) is 17.4 Å². The fraction of sp³-hybridized carbons (Fsp3) is 0.300. The van der Waals surface area contributed by atoms with Crippen LogP contribution in [0.2, 0.25) is 0 Å². The number of carbonyl (C=O) groups excluding carboxylic acids is 2. The number of pyridine rings is 1. The Morgan fingerprint density at radius 1 is 1.31 bits per heavy atom. The van der Waals surface area contributed by atoms with Gasteiger partial charge in [0.1, 0.15) is 11.1 Å². The van der Waals surface area contributed by atoms with Crippen LogP contribution in [-0.2, 0) is 11.2 Å². The molecule has 1 amide bonds. The molecule has 0 saturated heterocycles. The summed E-state index contributed by atoms with van der Waals surface area (Å²) in [4.78, 5) is 28.8. The molecule has 1 aromatic carbocycles. The zero-order valence-corrected chi connectivity index (χ0v) is 15.6. The van der Waals surface area contributed by atoms with Crippen molar-refractivity contribution in [3.63, 3.8) is 0 Å². The van der Waals surface area contributed by atoms with E-state index < -0.39 is 0 Å². The zero-order chi connectivity index (χ0) is 18.7. The molecule has 0 unspecified atom stereocenters. The Morgan fingerprint density at radius 3 is 2.73 bits per heavy atom. The van der Waals surface area contributed by atoms with Crippen LogP contribution in [0.15, 0.2) is 29.3 Å². The fourth-order valence-corrected chi connectivity index (χ4v) is 3.80. The third-order valence-corrected chi connectivity index (χ3v) is 5.38. The van der Waals surface area contributed by atoms with Crippen molar-refractivity contribution in [2.24, 2.45) is 0 Å². The minimum absolute atomic E-state index is 0.0413. The van der Waals surface area contributed by atoms with Gasteiger partial charge < -0.3 is 5.32 Å². The molecule has 132 valence electrons. The minimum Gasteiger partial charge on any atom is -0.325 e. The number of benzene rings is 1. The highest BCUT2D eigenvalue weighted by molar-refractivity contribution is 8.00. The van der Waals surface area contributed by atoms with Crippen LogP contribution in [0, 0.1) is 25.2 Å². The number of aryl methyl sites for hydroxylation is 3. The van der Waals surface area contributed by atoms with E-state index >= 15 is 0 Å². The zero-order valence-electron chi connectivity index (χ0n) is 14.8. The number of hydrogen-bond donors (Lipinski definition) is 1. The summed E-state index contributed by atoms with van der Waals surface area (Å²) in [5.74, 6) is 0.0498. The number of hydrogen-bond acceptors (Lipinski definition) is 5. The van der Waals surface area contributed by atoms with Crippen molar-refractivity contribution in [1.82, 2.24) is 4.98 Å². The van der Waals surface area contributed by atoms with E-state index in [1.807, 2.05) is 32.0 Å². The lowest BCUT2D eigenvalue weighted by molar-refractivity contribution is -0.113. The first-order valence-electron chi connectivity index (χ1n) is 8.45. The highest BCUT2D eigenvalue weighted by Crippen LogP contribution is 2.28. The van der Waals surface area contributed by atoms with Crippen LogP contribution >= 0.6 is 11.8 Å². The van der Waals surface area contributed by atoms with Gasteiger partial charge in [-0.25, -0.2) is 4.98 Å².